The van der Waals surface area contributed by atoms with Gasteiger partial charge in [0.15, 0.2) is 6.73 Å². The predicted molar refractivity (Wildman–Crippen MR) is 29.9 cm³/mol. The molecule has 0 N–H and O–H groups in total. The molecule has 0 rings (SSSR count). The van der Waals surface area contributed by atoms with Gasteiger partial charge in [0, 0.05) is 7.11 Å². The molecule has 2 nitrogen and oxygen atoms in total. The van der Waals surface area contributed by atoms with Gasteiger partial charge in [0.2, 0.25) is 0 Å². The van der Waals surface area contributed by atoms with E-state index in [0.717, 1.165) is 11.2 Å². The first-order valence-electron chi connectivity index (χ1n) is 2.35. The van der Waals surface area contributed by atoms with Gasteiger partial charge in [-0.3, -0.25) is 0 Å². The zero-order valence-electron chi connectivity index (χ0n) is 5.94. The van der Waals surface area contributed by atoms with Crippen LogP contribution in [0, 0.1) is 0 Å². The summed E-state index contributed by atoms with van der Waals surface area (Å²) in [5.74, 6) is 0. The first-order chi connectivity index (χ1) is 3.06. The predicted octanol–water partition coefficient (Wildman–Crippen LogP) is -2.70. The second-order valence-electron chi connectivity index (χ2n) is 2.71. The minimum absolute atomic E-state index is 0. The molecule has 0 unspecified atom stereocenters. The molecule has 8 heavy (non-hydrogen) atoms. The van der Waals surface area contributed by atoms with Crippen molar-refractivity contribution >= 4 is 0 Å². The Morgan fingerprint density at radius 2 is 1.62 bits per heavy atom. The summed E-state index contributed by atoms with van der Waals surface area (Å²) < 4.78 is 5.75. The van der Waals surface area contributed by atoms with E-state index in [1.54, 1.807) is 7.11 Å². The quantitative estimate of drug-likeness (QED) is 0.287. The first kappa shape index (κ1) is 10.8. The molecule has 3 heteroatoms. The Labute approximate surface area is 50.0 Å². The molecule has 52 valence electrons. The third-order valence-electron chi connectivity index (χ3n) is 0.516. The Morgan fingerprint density at radius 1 is 1.25 bits per heavy atom. The van der Waals surface area contributed by atoms with Gasteiger partial charge in [0.05, 0.1) is 21.1 Å². The highest BCUT2D eigenvalue weighted by atomic mass is 19.0. The molecule has 0 aliphatic heterocycles. The van der Waals surface area contributed by atoms with Crippen LogP contribution in [0.15, 0.2) is 0 Å². The molecule has 0 atom stereocenters. The molecule has 0 saturated carbocycles. The number of quaternary nitrogens is 1. The highest BCUT2D eigenvalue weighted by molar-refractivity contribution is 4.00. The van der Waals surface area contributed by atoms with Gasteiger partial charge >= 0.3 is 0 Å². The lowest BCUT2D eigenvalue weighted by Crippen LogP contribution is -3.00. The maximum absolute atomic E-state index is 4.88. The van der Waals surface area contributed by atoms with Crippen LogP contribution in [0.3, 0.4) is 0 Å². The lowest BCUT2D eigenvalue weighted by molar-refractivity contribution is -0.890. The standard InChI is InChI=1S/C5H14NO.FH/c1-6(2,3)5-7-4;/h5H2,1-4H3;1H/q+1;/p-1. The van der Waals surface area contributed by atoms with Crippen LogP contribution >= 0.6 is 0 Å². The molecule has 0 heterocycles. The second kappa shape index (κ2) is 3.80. The molecule has 0 aromatic carbocycles. The summed E-state index contributed by atoms with van der Waals surface area (Å²) in [6, 6.07) is 0. The molecule has 0 fully saturated rings. The summed E-state index contributed by atoms with van der Waals surface area (Å²) in [6.07, 6.45) is 0. The SMILES string of the molecule is COC[N+](C)(C)C.[F-]. The largest absolute Gasteiger partial charge is 1.00 e. The molecular formula is C5H14FNO. The molecule has 0 spiro atoms. The van der Waals surface area contributed by atoms with Gasteiger partial charge in [-0.2, -0.15) is 0 Å². The van der Waals surface area contributed by atoms with Crippen LogP contribution in [-0.4, -0.2) is 39.5 Å². The van der Waals surface area contributed by atoms with E-state index in [2.05, 4.69) is 21.1 Å². The second-order valence-corrected chi connectivity index (χ2v) is 2.71. The van der Waals surface area contributed by atoms with Gasteiger partial charge in [-0.1, -0.05) is 0 Å². The average Bonchev–Trinajstić information content (AvgIpc) is 1.30. The fraction of sp³-hybridized carbons (Fsp3) is 1.00. The molecule has 0 aromatic rings. The number of hydrogen-bond acceptors (Lipinski definition) is 1. The lowest BCUT2D eigenvalue weighted by Gasteiger charge is -2.21. The highest BCUT2D eigenvalue weighted by Gasteiger charge is 2.02. The van der Waals surface area contributed by atoms with Crippen LogP contribution in [0.5, 0.6) is 0 Å². The molecule has 0 aliphatic carbocycles. The zero-order chi connectivity index (χ0) is 5.91. The number of halogens is 1. The van der Waals surface area contributed by atoms with E-state index < -0.39 is 0 Å². The Bertz CT molecular complexity index is 50.9. The molecule has 0 bridgehead atoms. The molecule has 0 aliphatic rings. The van der Waals surface area contributed by atoms with Gasteiger partial charge < -0.3 is 13.9 Å². The summed E-state index contributed by atoms with van der Waals surface area (Å²) in [5.41, 5.74) is 0. The maximum Gasteiger partial charge on any atom is 0.182 e. The number of rotatable bonds is 2. The minimum atomic E-state index is 0. The summed E-state index contributed by atoms with van der Waals surface area (Å²) in [7, 11) is 7.97. The smallest absolute Gasteiger partial charge is 0.182 e. The van der Waals surface area contributed by atoms with Gasteiger partial charge in [-0.15, -0.1) is 0 Å². The summed E-state index contributed by atoms with van der Waals surface area (Å²) in [4.78, 5) is 0. The van der Waals surface area contributed by atoms with Gasteiger partial charge in [0.25, 0.3) is 0 Å². The fourth-order valence-corrected chi connectivity index (χ4v) is 0.387. The molecular weight excluding hydrogens is 109 g/mol. The van der Waals surface area contributed by atoms with Crippen LogP contribution in [0.25, 0.3) is 0 Å². The van der Waals surface area contributed by atoms with Gasteiger partial charge in [-0.25, -0.2) is 0 Å². The van der Waals surface area contributed by atoms with E-state index in [0.29, 0.717) is 0 Å². The normalized spacial score (nSPS) is 10.5. The van der Waals surface area contributed by atoms with Crippen LogP contribution in [0.1, 0.15) is 0 Å². The fourth-order valence-electron chi connectivity index (χ4n) is 0.387. The van der Waals surface area contributed by atoms with Crippen LogP contribution in [0.2, 0.25) is 0 Å². The lowest BCUT2D eigenvalue weighted by atomic mass is 10.7. The topological polar surface area (TPSA) is 9.23 Å². The van der Waals surface area contributed by atoms with E-state index in [9.17, 15) is 0 Å². The van der Waals surface area contributed by atoms with Crippen molar-refractivity contribution < 1.29 is 13.9 Å². The Morgan fingerprint density at radius 3 is 1.62 bits per heavy atom. The van der Waals surface area contributed by atoms with Crippen molar-refractivity contribution in [3.05, 3.63) is 0 Å². The molecule has 0 radical (unpaired) electrons. The van der Waals surface area contributed by atoms with Crippen molar-refractivity contribution in [1.82, 2.24) is 0 Å². The zero-order valence-corrected chi connectivity index (χ0v) is 5.94. The molecule has 0 amide bonds. The van der Waals surface area contributed by atoms with Crippen LogP contribution in [0.4, 0.5) is 0 Å². The van der Waals surface area contributed by atoms with E-state index in [1.807, 2.05) is 0 Å². The highest BCUT2D eigenvalue weighted by Crippen LogP contribution is 1.86. The van der Waals surface area contributed by atoms with Crippen molar-refractivity contribution in [2.24, 2.45) is 0 Å². The van der Waals surface area contributed by atoms with Crippen LogP contribution in [-0.2, 0) is 4.74 Å². The Hall–Kier alpha value is -0.150. The minimum Gasteiger partial charge on any atom is -1.00 e. The Balaban J connectivity index is 0. The van der Waals surface area contributed by atoms with Crippen molar-refractivity contribution in [3.8, 4) is 0 Å². The number of methoxy groups -OCH3 is 1. The van der Waals surface area contributed by atoms with E-state index in [1.165, 1.54) is 0 Å². The van der Waals surface area contributed by atoms with E-state index >= 15 is 0 Å². The van der Waals surface area contributed by atoms with Crippen LogP contribution < -0.4 is 4.70 Å². The van der Waals surface area contributed by atoms with Crippen molar-refractivity contribution in [2.45, 2.75) is 0 Å². The number of nitrogens with zero attached hydrogens (tertiary/aromatic N) is 1. The monoisotopic (exact) mass is 123 g/mol. The third kappa shape index (κ3) is 9.28. The molecule has 0 aromatic heterocycles. The summed E-state index contributed by atoms with van der Waals surface area (Å²) in [5, 5.41) is 0. The molecule has 0 saturated heterocycles. The van der Waals surface area contributed by atoms with E-state index in [-0.39, 0.29) is 4.70 Å². The van der Waals surface area contributed by atoms with E-state index in [4.69, 9.17) is 4.74 Å². The van der Waals surface area contributed by atoms with Gasteiger partial charge in [0.1, 0.15) is 0 Å². The average molecular weight is 123 g/mol. The number of ether oxygens (including phenoxy) is 1. The summed E-state index contributed by atoms with van der Waals surface area (Å²) in [6.45, 7) is 0.778. The third-order valence-corrected chi connectivity index (χ3v) is 0.516. The number of hydrogen-bond donors (Lipinski definition) is 0. The van der Waals surface area contributed by atoms with Crippen molar-refractivity contribution in [2.75, 3.05) is 35.0 Å². The first-order valence-corrected chi connectivity index (χ1v) is 2.35. The summed E-state index contributed by atoms with van der Waals surface area (Å²) >= 11 is 0. The maximum atomic E-state index is 4.88. The van der Waals surface area contributed by atoms with Gasteiger partial charge in [-0.05, 0) is 0 Å². The van der Waals surface area contributed by atoms with Crippen molar-refractivity contribution in [1.29, 1.82) is 0 Å². The van der Waals surface area contributed by atoms with Crippen molar-refractivity contribution in [3.63, 3.8) is 0 Å². The Kier molecular flexibility index (Phi) is 5.12.